The van der Waals surface area contributed by atoms with Crippen LogP contribution in [0.2, 0.25) is 0 Å². The van der Waals surface area contributed by atoms with Gasteiger partial charge in [-0.2, -0.15) is 0 Å². The Labute approximate surface area is 49.4 Å². The molecule has 0 radical (unpaired) electrons. The second-order valence-electron chi connectivity index (χ2n) is 1.56. The van der Waals surface area contributed by atoms with Gasteiger partial charge in [-0.1, -0.05) is 6.92 Å². The molecule has 0 heterocycles. The molecule has 0 fully saturated rings. The van der Waals surface area contributed by atoms with Gasteiger partial charge in [0.2, 0.25) is 0 Å². The van der Waals surface area contributed by atoms with Crippen molar-refractivity contribution in [3.05, 3.63) is 0 Å². The zero-order valence-corrected chi connectivity index (χ0v) is 4.72. The van der Waals surface area contributed by atoms with Gasteiger partial charge in [-0.25, -0.2) is 0 Å². The van der Waals surface area contributed by atoms with Crippen molar-refractivity contribution >= 4 is 5.97 Å². The van der Waals surface area contributed by atoms with Crippen molar-refractivity contribution in [2.24, 2.45) is 5.89 Å². The Morgan fingerprint density at radius 1 is 2.00 bits per heavy atom. The number of aliphatic carboxylic acids is 1. The van der Waals surface area contributed by atoms with Gasteiger partial charge in [-0.15, -0.1) is 0 Å². The molecule has 0 spiro atoms. The van der Waals surface area contributed by atoms with Crippen molar-refractivity contribution < 1.29 is 16.4 Å². The maximum absolute atomic E-state index is 10.1. The van der Waals surface area contributed by atoms with Gasteiger partial charge in [0.1, 0.15) is 0 Å². The molecular formula is C5H10O3. The average molecular weight is 119 g/mol. The molecule has 1 unspecified atom stereocenters. The van der Waals surface area contributed by atoms with Gasteiger partial charge in [0, 0.05) is 7.98 Å². The number of aliphatic hydroxyl groups is 1. The van der Waals surface area contributed by atoms with Crippen molar-refractivity contribution in [2.45, 2.75) is 13.3 Å². The number of hydrogen-bond acceptors (Lipinski definition) is 2. The fourth-order valence-electron chi connectivity index (χ4n) is 0.275. The highest BCUT2D eigenvalue weighted by molar-refractivity contribution is 5.69. The van der Waals surface area contributed by atoms with Crippen LogP contribution in [0.4, 0.5) is 0 Å². The smallest absolute Gasteiger partial charge is 0.306 e. The predicted octanol–water partition coefficient (Wildman–Crippen LogP) is 0.0895. The lowest BCUT2D eigenvalue weighted by atomic mass is 10.1. The number of hydrogen-bond donors (Lipinski definition) is 2. The largest absolute Gasteiger partial charge is 0.481 e. The summed E-state index contributed by atoms with van der Waals surface area (Å²) in [4.78, 5) is 10.1. The summed E-state index contributed by atoms with van der Waals surface area (Å²) in [5, 5.41) is 16.5. The van der Waals surface area contributed by atoms with Gasteiger partial charge in [0.05, 0.1) is 5.89 Å². The summed E-state index contributed by atoms with van der Waals surface area (Å²) in [5.41, 5.74) is 0. The highest BCUT2D eigenvalue weighted by Crippen LogP contribution is 1.98. The highest BCUT2D eigenvalue weighted by Gasteiger charge is 2.07. The molecule has 0 aliphatic rings. The number of carbonyl (C=O) groups is 1. The van der Waals surface area contributed by atoms with E-state index in [1.807, 2.05) is 0 Å². The second-order valence-corrected chi connectivity index (χ2v) is 1.56. The van der Waals surface area contributed by atoms with Crippen LogP contribution in [-0.4, -0.2) is 22.8 Å². The van der Waals surface area contributed by atoms with Gasteiger partial charge in [-0.05, 0) is 6.42 Å². The van der Waals surface area contributed by atoms with E-state index in [1.54, 1.807) is 0 Å². The first kappa shape index (κ1) is 5.56. The Morgan fingerprint density at radius 2 is 2.50 bits per heavy atom. The van der Waals surface area contributed by atoms with E-state index in [2.05, 4.69) is 0 Å². The van der Waals surface area contributed by atoms with Gasteiger partial charge >= 0.3 is 5.97 Å². The maximum Gasteiger partial charge on any atom is 0.306 e. The summed E-state index contributed by atoms with van der Waals surface area (Å²) >= 11 is 0. The lowest BCUT2D eigenvalue weighted by Crippen LogP contribution is -2.10. The maximum atomic E-state index is 10.1. The van der Waals surface area contributed by atoms with Crippen LogP contribution in [0.3, 0.4) is 0 Å². The summed E-state index contributed by atoms with van der Waals surface area (Å²) in [6.45, 7) is 0.998. The summed E-state index contributed by atoms with van der Waals surface area (Å²) in [7, 11) is 0. The third kappa shape index (κ3) is 2.58. The second kappa shape index (κ2) is 3.43. The van der Waals surface area contributed by atoms with Crippen LogP contribution in [0, 0.1) is 5.89 Å². The van der Waals surface area contributed by atoms with E-state index in [1.165, 1.54) is 6.92 Å². The first-order valence-electron chi connectivity index (χ1n) is 2.85. The zero-order chi connectivity index (χ0) is 7.49. The van der Waals surface area contributed by atoms with Gasteiger partial charge in [0.25, 0.3) is 0 Å². The molecule has 0 amide bonds. The molecule has 0 aliphatic heterocycles. The minimum absolute atomic E-state index is 0.0255. The van der Waals surface area contributed by atoms with Crippen LogP contribution < -0.4 is 0 Å². The Kier molecular flexibility index (Phi) is 2.39. The van der Waals surface area contributed by atoms with Crippen molar-refractivity contribution in [2.75, 3.05) is 6.61 Å². The first-order valence-corrected chi connectivity index (χ1v) is 2.35. The van der Waals surface area contributed by atoms with Crippen LogP contribution in [0.25, 0.3) is 0 Å². The molecule has 3 nitrogen and oxygen atoms in total. The number of carboxylic acid groups (broad SMARTS) is 1. The molecule has 2 N–H and O–H groups in total. The summed E-state index contributed by atoms with van der Waals surface area (Å²) in [5.74, 6) is -2.73. The van der Waals surface area contributed by atoms with Gasteiger partial charge in [-0.3, -0.25) is 4.79 Å². The summed E-state index contributed by atoms with van der Waals surface area (Å²) < 4.78 is 7.02. The quantitative estimate of drug-likeness (QED) is 0.553. The summed E-state index contributed by atoms with van der Waals surface area (Å²) in [6, 6.07) is 0. The Morgan fingerprint density at radius 3 is 2.62 bits per heavy atom. The Hall–Kier alpha value is -0.570. The number of carboxylic acids is 1. The van der Waals surface area contributed by atoms with Gasteiger partial charge in [0.15, 0.2) is 0 Å². The average Bonchev–Trinajstić information content (AvgIpc) is 1.65. The molecule has 0 saturated heterocycles. The standard InChI is InChI=1S/C5H10O3/c1-4(2-3-6)5(7)8/h4,6H,2-3H2,1H3,(H,7,8)/i4D. The lowest BCUT2D eigenvalue weighted by Gasteiger charge is -1.99. The lowest BCUT2D eigenvalue weighted by molar-refractivity contribution is -0.141. The Balaban J connectivity index is 3.85. The molecular weight excluding hydrogens is 108 g/mol. The van der Waals surface area contributed by atoms with Crippen LogP contribution in [0.15, 0.2) is 0 Å². The third-order valence-corrected chi connectivity index (χ3v) is 0.852. The van der Waals surface area contributed by atoms with Crippen molar-refractivity contribution in [3.63, 3.8) is 0 Å². The van der Waals surface area contributed by atoms with E-state index in [4.69, 9.17) is 11.6 Å². The van der Waals surface area contributed by atoms with Crippen molar-refractivity contribution in [1.82, 2.24) is 0 Å². The molecule has 0 rings (SSSR count). The van der Waals surface area contributed by atoms with E-state index in [-0.39, 0.29) is 13.0 Å². The van der Waals surface area contributed by atoms with Crippen LogP contribution >= 0.6 is 0 Å². The minimum Gasteiger partial charge on any atom is -0.481 e. The SMILES string of the molecule is [2H]C(C)(CCO)C(=O)O. The van der Waals surface area contributed by atoms with E-state index >= 15 is 0 Å². The van der Waals surface area contributed by atoms with Crippen LogP contribution in [0.1, 0.15) is 14.7 Å². The molecule has 0 aromatic heterocycles. The monoisotopic (exact) mass is 119 g/mol. The molecule has 1 atom stereocenters. The molecule has 3 heteroatoms. The first-order chi connectivity index (χ1) is 4.00. The third-order valence-electron chi connectivity index (χ3n) is 0.852. The molecule has 0 aromatic carbocycles. The zero-order valence-electron chi connectivity index (χ0n) is 5.72. The molecule has 0 aliphatic carbocycles. The molecule has 0 saturated carbocycles. The van der Waals surface area contributed by atoms with Crippen LogP contribution in [0.5, 0.6) is 0 Å². The van der Waals surface area contributed by atoms with Crippen molar-refractivity contribution in [1.29, 1.82) is 0 Å². The number of rotatable bonds is 3. The van der Waals surface area contributed by atoms with E-state index in [0.29, 0.717) is 0 Å². The number of aliphatic hydroxyl groups excluding tert-OH is 1. The fraction of sp³-hybridized carbons (Fsp3) is 0.800. The minimum atomic E-state index is -1.53. The van der Waals surface area contributed by atoms with Gasteiger partial charge < -0.3 is 10.2 Å². The van der Waals surface area contributed by atoms with E-state index in [9.17, 15) is 4.79 Å². The van der Waals surface area contributed by atoms with E-state index < -0.39 is 11.9 Å². The fourth-order valence-corrected chi connectivity index (χ4v) is 0.275. The molecule has 8 heavy (non-hydrogen) atoms. The predicted molar refractivity (Wildman–Crippen MR) is 28.5 cm³/mol. The topological polar surface area (TPSA) is 57.5 Å². The van der Waals surface area contributed by atoms with Crippen molar-refractivity contribution in [3.8, 4) is 0 Å². The molecule has 48 valence electrons. The normalized spacial score (nSPS) is 19.0. The molecule has 0 aromatic rings. The molecule has 0 bridgehead atoms. The van der Waals surface area contributed by atoms with Crippen LogP contribution in [-0.2, 0) is 4.79 Å². The van der Waals surface area contributed by atoms with E-state index in [0.717, 1.165) is 0 Å². The summed E-state index contributed by atoms with van der Waals surface area (Å²) in [6.07, 6.45) is -0.0255. The highest BCUT2D eigenvalue weighted by atomic mass is 16.4. The Bertz CT molecular complexity index is 111.